The number of nitrogens with one attached hydrogen (secondary N) is 1. The van der Waals surface area contributed by atoms with Crippen molar-refractivity contribution < 1.29 is 4.74 Å². The Morgan fingerprint density at radius 3 is 2.56 bits per heavy atom. The minimum absolute atomic E-state index is 0.443. The zero-order valence-corrected chi connectivity index (χ0v) is 11.3. The summed E-state index contributed by atoms with van der Waals surface area (Å²) in [6.07, 6.45) is 0.998. The van der Waals surface area contributed by atoms with Crippen LogP contribution in [0.3, 0.4) is 0 Å². The van der Waals surface area contributed by atoms with Gasteiger partial charge in [-0.2, -0.15) is 0 Å². The molecule has 5 nitrogen and oxygen atoms in total. The molecule has 0 amide bonds. The molecule has 0 saturated carbocycles. The fourth-order valence-corrected chi connectivity index (χ4v) is 1.45. The van der Waals surface area contributed by atoms with Gasteiger partial charge in [-0.1, -0.05) is 0 Å². The van der Waals surface area contributed by atoms with Gasteiger partial charge in [0.2, 0.25) is 0 Å². The van der Waals surface area contributed by atoms with E-state index in [2.05, 4.69) is 15.2 Å². The minimum Gasteiger partial charge on any atom is -0.497 e. The number of anilines is 1. The molecular formula is C13H22N4O. The fraction of sp³-hybridized carbons (Fsp3) is 0.462. The summed E-state index contributed by atoms with van der Waals surface area (Å²) in [5, 5.41) is 3.04. The second-order valence-corrected chi connectivity index (χ2v) is 4.28. The summed E-state index contributed by atoms with van der Waals surface area (Å²) in [4.78, 5) is 6.39. The number of hydrogen-bond acceptors (Lipinski definition) is 3. The van der Waals surface area contributed by atoms with E-state index in [1.165, 1.54) is 0 Å². The molecule has 0 atom stereocenters. The molecule has 0 aromatic heterocycles. The van der Waals surface area contributed by atoms with E-state index in [0.717, 1.165) is 30.9 Å². The van der Waals surface area contributed by atoms with E-state index in [-0.39, 0.29) is 0 Å². The molecule has 1 aromatic carbocycles. The van der Waals surface area contributed by atoms with Crippen molar-refractivity contribution in [1.29, 1.82) is 0 Å². The van der Waals surface area contributed by atoms with Crippen LogP contribution in [0.2, 0.25) is 0 Å². The first-order valence-corrected chi connectivity index (χ1v) is 5.97. The lowest BCUT2D eigenvalue weighted by molar-refractivity contribution is 0.403. The molecule has 18 heavy (non-hydrogen) atoms. The highest BCUT2D eigenvalue weighted by Gasteiger charge is 1.96. The molecule has 5 heteroatoms. The van der Waals surface area contributed by atoms with Gasteiger partial charge < -0.3 is 20.7 Å². The number of rotatable bonds is 6. The van der Waals surface area contributed by atoms with Crippen molar-refractivity contribution >= 4 is 11.6 Å². The maximum absolute atomic E-state index is 5.79. The standard InChI is InChI=1S/C13H22N4O/c1-17(2)10-4-9-15-13(14)16-11-5-7-12(18-3)8-6-11/h5-8H,4,9-10H2,1-3H3,(H3,14,15,16). The van der Waals surface area contributed by atoms with Gasteiger partial charge >= 0.3 is 0 Å². The number of nitrogens with zero attached hydrogens (tertiary/aromatic N) is 2. The van der Waals surface area contributed by atoms with Gasteiger partial charge in [0.1, 0.15) is 5.75 Å². The summed E-state index contributed by atoms with van der Waals surface area (Å²) >= 11 is 0. The van der Waals surface area contributed by atoms with Gasteiger partial charge in [0.25, 0.3) is 0 Å². The van der Waals surface area contributed by atoms with Crippen LogP contribution in [0.5, 0.6) is 5.75 Å². The highest BCUT2D eigenvalue weighted by atomic mass is 16.5. The molecule has 0 bridgehead atoms. The summed E-state index contributed by atoms with van der Waals surface area (Å²) in [5.41, 5.74) is 6.69. The molecule has 0 unspecified atom stereocenters. The third-order valence-electron chi connectivity index (χ3n) is 2.41. The molecule has 0 aliphatic carbocycles. The van der Waals surface area contributed by atoms with Gasteiger partial charge in [0.15, 0.2) is 5.96 Å². The Kier molecular flexibility index (Phi) is 6.00. The van der Waals surface area contributed by atoms with Crippen molar-refractivity contribution in [2.45, 2.75) is 6.42 Å². The van der Waals surface area contributed by atoms with Crippen molar-refractivity contribution in [3.63, 3.8) is 0 Å². The second-order valence-electron chi connectivity index (χ2n) is 4.28. The summed E-state index contributed by atoms with van der Waals surface area (Å²) in [5.74, 6) is 1.26. The molecule has 0 aliphatic rings. The number of methoxy groups -OCH3 is 1. The van der Waals surface area contributed by atoms with Gasteiger partial charge in [0, 0.05) is 12.2 Å². The van der Waals surface area contributed by atoms with E-state index in [1.807, 2.05) is 38.4 Å². The van der Waals surface area contributed by atoms with Crippen LogP contribution in [0.15, 0.2) is 29.3 Å². The van der Waals surface area contributed by atoms with E-state index in [4.69, 9.17) is 10.5 Å². The zero-order valence-electron chi connectivity index (χ0n) is 11.3. The van der Waals surface area contributed by atoms with Crippen molar-refractivity contribution in [1.82, 2.24) is 4.90 Å². The first-order chi connectivity index (χ1) is 8.61. The van der Waals surface area contributed by atoms with E-state index in [0.29, 0.717) is 5.96 Å². The predicted molar refractivity (Wildman–Crippen MR) is 76.3 cm³/mol. The van der Waals surface area contributed by atoms with Crippen LogP contribution in [0, 0.1) is 0 Å². The third-order valence-corrected chi connectivity index (χ3v) is 2.41. The maximum Gasteiger partial charge on any atom is 0.193 e. The van der Waals surface area contributed by atoms with E-state index >= 15 is 0 Å². The SMILES string of the molecule is COc1ccc(NC(N)=NCCCN(C)C)cc1. The number of ether oxygens (including phenoxy) is 1. The lowest BCUT2D eigenvalue weighted by atomic mass is 10.3. The van der Waals surface area contributed by atoms with Crippen LogP contribution < -0.4 is 15.8 Å². The molecule has 1 aromatic rings. The normalized spacial score (nSPS) is 11.7. The topological polar surface area (TPSA) is 62.9 Å². The maximum atomic E-state index is 5.79. The van der Waals surface area contributed by atoms with Gasteiger partial charge in [-0.3, -0.25) is 4.99 Å². The first kappa shape index (κ1) is 14.3. The number of hydrogen-bond donors (Lipinski definition) is 2. The number of benzene rings is 1. The number of guanidine groups is 1. The van der Waals surface area contributed by atoms with E-state index < -0.39 is 0 Å². The van der Waals surface area contributed by atoms with Crippen molar-refractivity contribution in [2.75, 3.05) is 39.6 Å². The van der Waals surface area contributed by atoms with Gasteiger partial charge in [-0.15, -0.1) is 0 Å². The van der Waals surface area contributed by atoms with Crippen LogP contribution in [0.25, 0.3) is 0 Å². The van der Waals surface area contributed by atoms with Gasteiger partial charge in [-0.05, 0) is 51.3 Å². The molecule has 0 saturated heterocycles. The Morgan fingerprint density at radius 1 is 1.33 bits per heavy atom. The molecule has 3 N–H and O–H groups in total. The van der Waals surface area contributed by atoms with Crippen LogP contribution >= 0.6 is 0 Å². The third kappa shape index (κ3) is 5.54. The Bertz CT molecular complexity index is 373. The molecule has 100 valence electrons. The largest absolute Gasteiger partial charge is 0.497 e. The fourth-order valence-electron chi connectivity index (χ4n) is 1.45. The highest BCUT2D eigenvalue weighted by molar-refractivity contribution is 5.92. The minimum atomic E-state index is 0.443. The lowest BCUT2D eigenvalue weighted by Crippen LogP contribution is -2.23. The molecule has 1 rings (SSSR count). The van der Waals surface area contributed by atoms with E-state index in [9.17, 15) is 0 Å². The predicted octanol–water partition coefficient (Wildman–Crippen LogP) is 1.37. The lowest BCUT2D eigenvalue weighted by Gasteiger charge is -2.08. The molecule has 0 heterocycles. The summed E-state index contributed by atoms with van der Waals surface area (Å²) in [6.45, 7) is 1.74. The second kappa shape index (κ2) is 7.55. The Hall–Kier alpha value is -1.75. The van der Waals surface area contributed by atoms with E-state index in [1.54, 1.807) is 7.11 Å². The van der Waals surface area contributed by atoms with Crippen LogP contribution in [-0.2, 0) is 0 Å². The average Bonchev–Trinajstić information content (AvgIpc) is 2.35. The average molecular weight is 250 g/mol. The Balaban J connectivity index is 2.38. The van der Waals surface area contributed by atoms with Crippen LogP contribution in [0.1, 0.15) is 6.42 Å². The van der Waals surface area contributed by atoms with Crippen LogP contribution in [-0.4, -0.2) is 45.2 Å². The Labute approximate surface area is 109 Å². The number of aliphatic imine (C=N–C) groups is 1. The molecular weight excluding hydrogens is 228 g/mol. The summed E-state index contributed by atoms with van der Waals surface area (Å²) in [7, 11) is 5.73. The highest BCUT2D eigenvalue weighted by Crippen LogP contribution is 2.14. The molecule has 0 spiro atoms. The molecule has 0 fully saturated rings. The zero-order chi connectivity index (χ0) is 13.4. The first-order valence-electron chi connectivity index (χ1n) is 5.97. The summed E-state index contributed by atoms with van der Waals surface area (Å²) < 4.78 is 5.08. The van der Waals surface area contributed by atoms with Gasteiger partial charge in [0.05, 0.1) is 7.11 Å². The van der Waals surface area contributed by atoms with Crippen molar-refractivity contribution in [3.05, 3.63) is 24.3 Å². The quantitative estimate of drug-likeness (QED) is 0.455. The molecule has 0 aliphatic heterocycles. The van der Waals surface area contributed by atoms with Crippen molar-refractivity contribution in [3.8, 4) is 5.75 Å². The Morgan fingerprint density at radius 2 is 2.00 bits per heavy atom. The smallest absolute Gasteiger partial charge is 0.193 e. The van der Waals surface area contributed by atoms with Gasteiger partial charge in [-0.25, -0.2) is 0 Å². The molecule has 0 radical (unpaired) electrons. The van der Waals surface area contributed by atoms with Crippen molar-refractivity contribution in [2.24, 2.45) is 10.7 Å². The monoisotopic (exact) mass is 250 g/mol. The summed E-state index contributed by atoms with van der Waals surface area (Å²) in [6, 6.07) is 7.56. The number of nitrogens with two attached hydrogens (primary N) is 1. The van der Waals surface area contributed by atoms with Crippen LogP contribution in [0.4, 0.5) is 5.69 Å².